The van der Waals surface area contributed by atoms with E-state index in [0.29, 0.717) is 0 Å². The molecular formula is C24H26N2O3S2. The summed E-state index contributed by atoms with van der Waals surface area (Å²) in [5.41, 5.74) is 1.82. The zero-order valence-electron chi connectivity index (χ0n) is 17.5. The molecule has 0 aliphatic heterocycles. The van der Waals surface area contributed by atoms with Gasteiger partial charge in [-0.1, -0.05) is 60.7 Å². The van der Waals surface area contributed by atoms with Crippen LogP contribution in [0.2, 0.25) is 0 Å². The van der Waals surface area contributed by atoms with E-state index in [-0.39, 0.29) is 23.3 Å². The summed E-state index contributed by atoms with van der Waals surface area (Å²) in [5, 5.41) is 2.96. The summed E-state index contributed by atoms with van der Waals surface area (Å²) in [6.45, 7) is 1.89. The molecule has 1 amide bonds. The van der Waals surface area contributed by atoms with Crippen molar-refractivity contribution in [2.24, 2.45) is 0 Å². The van der Waals surface area contributed by atoms with Crippen molar-refractivity contribution in [3.8, 4) is 0 Å². The number of nitrogens with one attached hydrogen (secondary N) is 2. The van der Waals surface area contributed by atoms with Gasteiger partial charge in [0, 0.05) is 4.90 Å². The zero-order valence-corrected chi connectivity index (χ0v) is 19.1. The van der Waals surface area contributed by atoms with E-state index in [2.05, 4.69) is 10.0 Å². The summed E-state index contributed by atoms with van der Waals surface area (Å²) in [7, 11) is -3.85. The Bertz CT molecular complexity index is 1090. The van der Waals surface area contributed by atoms with E-state index >= 15 is 0 Å². The summed E-state index contributed by atoms with van der Waals surface area (Å²) in [6, 6.07) is 24.2. The highest BCUT2D eigenvalue weighted by molar-refractivity contribution is 7.98. The molecule has 0 fully saturated rings. The lowest BCUT2D eigenvalue weighted by atomic mass is 10.0. The molecule has 2 atom stereocenters. The van der Waals surface area contributed by atoms with Crippen LogP contribution < -0.4 is 10.0 Å². The highest BCUT2D eigenvalue weighted by atomic mass is 32.2. The fourth-order valence-corrected chi connectivity index (χ4v) is 4.81. The van der Waals surface area contributed by atoms with Crippen molar-refractivity contribution in [1.82, 2.24) is 10.0 Å². The minimum Gasteiger partial charge on any atom is -0.348 e. The largest absolute Gasteiger partial charge is 0.348 e. The fourth-order valence-electron chi connectivity index (χ4n) is 3.18. The molecule has 5 nitrogen and oxygen atoms in total. The number of thioether (sulfide) groups is 1. The normalized spacial score (nSPS) is 13.4. The Morgan fingerprint density at radius 3 is 2.06 bits per heavy atom. The molecule has 3 aromatic rings. The maximum atomic E-state index is 13.1. The van der Waals surface area contributed by atoms with Crippen LogP contribution in [-0.4, -0.2) is 26.6 Å². The Hall–Kier alpha value is -2.61. The molecular weight excluding hydrogens is 428 g/mol. The molecule has 0 aromatic heterocycles. The SMILES string of the molecule is CSc1ccc([C@@H](C)NC(=O)[C@@H](Cc2ccccc2)NS(=O)(=O)c2ccccc2)cc1. The topological polar surface area (TPSA) is 75.3 Å². The first-order valence-electron chi connectivity index (χ1n) is 9.94. The molecule has 7 heteroatoms. The maximum absolute atomic E-state index is 13.1. The summed E-state index contributed by atoms with van der Waals surface area (Å²) in [5.74, 6) is -0.371. The predicted octanol–water partition coefficient (Wildman–Crippen LogP) is 4.18. The van der Waals surface area contributed by atoms with Crippen molar-refractivity contribution in [2.45, 2.75) is 35.2 Å². The molecule has 0 spiro atoms. The van der Waals surface area contributed by atoms with E-state index < -0.39 is 16.1 Å². The van der Waals surface area contributed by atoms with Gasteiger partial charge in [-0.25, -0.2) is 8.42 Å². The molecule has 0 aliphatic carbocycles. The number of carbonyl (C=O) groups excluding carboxylic acids is 1. The molecule has 2 N–H and O–H groups in total. The average molecular weight is 455 g/mol. The second kappa shape index (κ2) is 10.6. The van der Waals surface area contributed by atoms with Crippen LogP contribution in [0.25, 0.3) is 0 Å². The van der Waals surface area contributed by atoms with Gasteiger partial charge in [-0.2, -0.15) is 4.72 Å². The van der Waals surface area contributed by atoms with Gasteiger partial charge < -0.3 is 5.32 Å². The summed E-state index contributed by atoms with van der Waals surface area (Å²) in [4.78, 5) is 14.4. The molecule has 0 heterocycles. The van der Waals surface area contributed by atoms with Crippen LogP contribution in [0, 0.1) is 0 Å². The Labute approximate surface area is 188 Å². The van der Waals surface area contributed by atoms with Crippen molar-refractivity contribution in [1.29, 1.82) is 0 Å². The van der Waals surface area contributed by atoms with Gasteiger partial charge in [-0.3, -0.25) is 4.79 Å². The fraction of sp³-hybridized carbons (Fsp3) is 0.208. The summed E-state index contributed by atoms with van der Waals surface area (Å²) in [6.07, 6.45) is 2.25. The minimum atomic E-state index is -3.85. The number of hydrogen-bond donors (Lipinski definition) is 2. The third-order valence-corrected chi connectivity index (χ3v) is 7.16. The van der Waals surface area contributed by atoms with Crippen molar-refractivity contribution in [3.63, 3.8) is 0 Å². The average Bonchev–Trinajstić information content (AvgIpc) is 2.79. The van der Waals surface area contributed by atoms with Crippen LogP contribution in [0.1, 0.15) is 24.1 Å². The molecule has 3 aromatic carbocycles. The van der Waals surface area contributed by atoms with Crippen LogP contribution in [0.4, 0.5) is 0 Å². The molecule has 0 saturated carbocycles. The van der Waals surface area contributed by atoms with E-state index in [9.17, 15) is 13.2 Å². The van der Waals surface area contributed by atoms with E-state index in [1.165, 1.54) is 12.1 Å². The van der Waals surface area contributed by atoms with Crippen LogP contribution in [0.15, 0.2) is 94.7 Å². The monoisotopic (exact) mass is 454 g/mol. The molecule has 0 aliphatic rings. The second-order valence-electron chi connectivity index (χ2n) is 7.18. The first-order chi connectivity index (χ1) is 14.9. The molecule has 0 saturated heterocycles. The Balaban J connectivity index is 1.80. The third kappa shape index (κ3) is 6.43. The van der Waals surface area contributed by atoms with Crippen LogP contribution >= 0.6 is 11.8 Å². The third-order valence-electron chi connectivity index (χ3n) is 4.92. The lowest BCUT2D eigenvalue weighted by molar-refractivity contribution is -0.123. The van der Waals surface area contributed by atoms with Gasteiger partial charge in [-0.05, 0) is 55.0 Å². The molecule has 162 valence electrons. The number of amides is 1. The van der Waals surface area contributed by atoms with Crippen molar-refractivity contribution in [2.75, 3.05) is 6.26 Å². The Kier molecular flexibility index (Phi) is 7.90. The van der Waals surface area contributed by atoms with Gasteiger partial charge in [0.15, 0.2) is 0 Å². The zero-order chi connectivity index (χ0) is 22.3. The number of hydrogen-bond acceptors (Lipinski definition) is 4. The Morgan fingerprint density at radius 1 is 0.903 bits per heavy atom. The number of sulfonamides is 1. The minimum absolute atomic E-state index is 0.126. The first-order valence-corrected chi connectivity index (χ1v) is 12.7. The molecule has 3 rings (SSSR count). The highest BCUT2D eigenvalue weighted by Crippen LogP contribution is 2.19. The van der Waals surface area contributed by atoms with Gasteiger partial charge in [0.2, 0.25) is 15.9 Å². The van der Waals surface area contributed by atoms with Crippen LogP contribution in [0.3, 0.4) is 0 Å². The number of rotatable bonds is 9. The predicted molar refractivity (Wildman–Crippen MR) is 125 cm³/mol. The Morgan fingerprint density at radius 2 is 1.48 bits per heavy atom. The summed E-state index contributed by atoms with van der Waals surface area (Å²) >= 11 is 1.65. The molecule has 31 heavy (non-hydrogen) atoms. The number of carbonyl (C=O) groups is 1. The molecule has 0 bridgehead atoms. The van der Waals surface area contributed by atoms with Gasteiger partial charge >= 0.3 is 0 Å². The van der Waals surface area contributed by atoms with Crippen LogP contribution in [-0.2, 0) is 21.2 Å². The molecule has 0 radical (unpaired) electrons. The van der Waals surface area contributed by atoms with E-state index in [4.69, 9.17) is 0 Å². The second-order valence-corrected chi connectivity index (χ2v) is 9.77. The quantitative estimate of drug-likeness (QED) is 0.476. The van der Waals surface area contributed by atoms with Gasteiger partial charge in [0.1, 0.15) is 6.04 Å². The summed E-state index contributed by atoms with van der Waals surface area (Å²) < 4.78 is 28.3. The lowest BCUT2D eigenvalue weighted by Gasteiger charge is -2.22. The maximum Gasteiger partial charge on any atom is 0.241 e. The van der Waals surface area contributed by atoms with Crippen molar-refractivity contribution >= 4 is 27.7 Å². The smallest absolute Gasteiger partial charge is 0.241 e. The van der Waals surface area contributed by atoms with Crippen molar-refractivity contribution < 1.29 is 13.2 Å². The van der Waals surface area contributed by atoms with Crippen LogP contribution in [0.5, 0.6) is 0 Å². The highest BCUT2D eigenvalue weighted by Gasteiger charge is 2.27. The van der Waals surface area contributed by atoms with Crippen molar-refractivity contribution in [3.05, 3.63) is 96.1 Å². The van der Waals surface area contributed by atoms with E-state index in [1.807, 2.05) is 67.8 Å². The van der Waals surface area contributed by atoms with Gasteiger partial charge in [-0.15, -0.1) is 11.8 Å². The first kappa shape index (κ1) is 23.1. The number of benzene rings is 3. The standard InChI is InChI=1S/C24H26N2O3S2/c1-18(20-13-15-21(30-2)16-14-20)25-24(27)23(17-19-9-5-3-6-10-19)26-31(28,29)22-11-7-4-8-12-22/h3-16,18,23,26H,17H2,1-2H3,(H,25,27)/t18-,23-/m1/s1. The lowest BCUT2D eigenvalue weighted by Crippen LogP contribution is -2.48. The van der Waals surface area contributed by atoms with Gasteiger partial charge in [0.05, 0.1) is 10.9 Å². The van der Waals surface area contributed by atoms with E-state index in [0.717, 1.165) is 16.0 Å². The van der Waals surface area contributed by atoms with E-state index in [1.54, 1.807) is 30.0 Å². The van der Waals surface area contributed by atoms with Gasteiger partial charge in [0.25, 0.3) is 0 Å². The molecule has 0 unspecified atom stereocenters.